The highest BCUT2D eigenvalue weighted by Crippen LogP contribution is 2.19. The summed E-state index contributed by atoms with van der Waals surface area (Å²) in [6, 6.07) is 8.29. The maximum Gasteiger partial charge on any atom is 0.341 e. The van der Waals surface area contributed by atoms with E-state index < -0.39 is 20.5 Å². The summed E-state index contributed by atoms with van der Waals surface area (Å²) in [7, 11) is -3.02. The molecule has 0 aliphatic heterocycles. The molecule has 22 heavy (non-hydrogen) atoms. The van der Waals surface area contributed by atoms with Crippen molar-refractivity contribution in [1.29, 1.82) is 0 Å². The first-order valence-electron chi connectivity index (χ1n) is 6.22. The van der Waals surface area contributed by atoms with E-state index in [-0.39, 0.29) is 11.5 Å². The monoisotopic (exact) mass is 345 g/mol. The summed E-state index contributed by atoms with van der Waals surface area (Å²) in [5, 5.41) is 1.90. The van der Waals surface area contributed by atoms with Gasteiger partial charge in [-0.2, -0.15) is 8.78 Å². The molecule has 1 aromatic carbocycles. The number of thiophene rings is 1. The molecule has 0 spiro atoms. The summed E-state index contributed by atoms with van der Waals surface area (Å²) in [5.74, 6) is -3.79. The van der Waals surface area contributed by atoms with Crippen molar-refractivity contribution in [2.24, 2.45) is 0 Å². The number of carbonyl (C=O) groups excluding carboxylic acids is 1. The Morgan fingerprint density at radius 2 is 1.86 bits per heavy atom. The first-order chi connectivity index (χ1) is 10.3. The number of nitrogens with zero attached hydrogens (tertiary/aromatic N) is 1. The number of hydrogen-bond donors (Lipinski definition) is 0. The van der Waals surface area contributed by atoms with E-state index in [1.165, 1.54) is 28.4 Å². The molecule has 8 heteroatoms. The molecule has 2 aromatic rings. The van der Waals surface area contributed by atoms with Gasteiger partial charge in [-0.1, -0.05) is 6.07 Å². The van der Waals surface area contributed by atoms with Crippen molar-refractivity contribution in [2.75, 3.05) is 7.05 Å². The average Bonchev–Trinajstić information content (AvgIpc) is 2.99. The average molecular weight is 345 g/mol. The number of amides is 1. The molecule has 2 rings (SSSR count). The predicted octanol–water partition coefficient (Wildman–Crippen LogP) is 3.02. The lowest BCUT2D eigenvalue weighted by molar-refractivity contribution is 0.0786. The van der Waals surface area contributed by atoms with E-state index in [0.717, 1.165) is 17.0 Å². The number of hydrogen-bond acceptors (Lipinski definition) is 4. The van der Waals surface area contributed by atoms with E-state index in [1.807, 2.05) is 17.5 Å². The lowest BCUT2D eigenvalue weighted by Gasteiger charge is -2.16. The molecule has 0 bridgehead atoms. The lowest BCUT2D eigenvalue weighted by Crippen LogP contribution is -2.25. The zero-order valence-corrected chi connectivity index (χ0v) is 13.2. The Morgan fingerprint density at radius 1 is 1.23 bits per heavy atom. The molecule has 0 N–H and O–H groups in total. The summed E-state index contributed by atoms with van der Waals surface area (Å²) in [4.78, 5) is 14.2. The van der Waals surface area contributed by atoms with Crippen molar-refractivity contribution in [2.45, 2.75) is 17.2 Å². The molecular formula is C14H13F2NO3S2. The summed E-state index contributed by atoms with van der Waals surface area (Å²) in [5.41, 5.74) is 0.243. The molecule has 1 heterocycles. The van der Waals surface area contributed by atoms with Gasteiger partial charge in [-0.3, -0.25) is 4.79 Å². The molecule has 0 saturated heterocycles. The highest BCUT2D eigenvalue weighted by molar-refractivity contribution is 7.91. The molecule has 0 atom stereocenters. The second-order valence-electron chi connectivity index (χ2n) is 4.57. The highest BCUT2D eigenvalue weighted by Gasteiger charge is 2.26. The van der Waals surface area contributed by atoms with Crippen LogP contribution in [0.1, 0.15) is 15.2 Å². The van der Waals surface area contributed by atoms with Crippen LogP contribution in [0.3, 0.4) is 0 Å². The third-order valence-electron chi connectivity index (χ3n) is 2.98. The highest BCUT2D eigenvalue weighted by atomic mass is 32.2. The zero-order valence-electron chi connectivity index (χ0n) is 11.6. The van der Waals surface area contributed by atoms with Gasteiger partial charge in [0, 0.05) is 17.5 Å². The predicted molar refractivity (Wildman–Crippen MR) is 79.7 cm³/mol. The summed E-state index contributed by atoms with van der Waals surface area (Å²) >= 11 is 1.52. The first kappa shape index (κ1) is 16.6. The fourth-order valence-electron chi connectivity index (χ4n) is 1.82. The molecule has 1 amide bonds. The summed E-state index contributed by atoms with van der Waals surface area (Å²) < 4.78 is 47.5. The minimum atomic E-state index is -4.64. The molecule has 0 radical (unpaired) electrons. The van der Waals surface area contributed by atoms with Crippen LogP contribution in [0.2, 0.25) is 0 Å². The Labute approximate surface area is 130 Å². The van der Waals surface area contributed by atoms with Crippen LogP contribution in [0.5, 0.6) is 0 Å². The minimum absolute atomic E-state index is 0.243. The van der Waals surface area contributed by atoms with Crippen LogP contribution < -0.4 is 0 Å². The normalized spacial score (nSPS) is 11.6. The van der Waals surface area contributed by atoms with Crippen molar-refractivity contribution >= 4 is 27.1 Å². The standard InChI is InChI=1S/C14H13F2NO3S2/c1-17(9-11-3-2-8-21-11)13(18)10-4-6-12(7-5-10)22(19,20)14(15)16/h2-8,14H,9H2,1H3. The smallest absolute Gasteiger partial charge is 0.337 e. The number of sulfone groups is 1. The van der Waals surface area contributed by atoms with E-state index >= 15 is 0 Å². The molecule has 4 nitrogen and oxygen atoms in total. The zero-order chi connectivity index (χ0) is 16.3. The van der Waals surface area contributed by atoms with Crippen molar-refractivity contribution in [3.63, 3.8) is 0 Å². The van der Waals surface area contributed by atoms with E-state index in [1.54, 1.807) is 7.05 Å². The maximum absolute atomic E-state index is 12.4. The van der Waals surface area contributed by atoms with Gasteiger partial charge in [0.15, 0.2) is 0 Å². The number of carbonyl (C=O) groups is 1. The van der Waals surface area contributed by atoms with Crippen LogP contribution in [0.25, 0.3) is 0 Å². The maximum atomic E-state index is 12.4. The third-order valence-corrected chi connectivity index (χ3v) is 5.24. The van der Waals surface area contributed by atoms with E-state index in [2.05, 4.69) is 0 Å². The van der Waals surface area contributed by atoms with Crippen LogP contribution in [-0.2, 0) is 16.4 Å². The van der Waals surface area contributed by atoms with Crippen LogP contribution in [0.15, 0.2) is 46.7 Å². The Hall–Kier alpha value is -1.80. The summed E-state index contributed by atoms with van der Waals surface area (Å²) in [6.45, 7) is 0.424. The van der Waals surface area contributed by atoms with Crippen molar-refractivity contribution in [1.82, 2.24) is 4.90 Å². The fourth-order valence-corrected chi connectivity index (χ4v) is 3.30. The number of rotatable bonds is 5. The number of halogens is 2. The molecule has 0 fully saturated rings. The summed E-state index contributed by atoms with van der Waals surface area (Å²) in [6.07, 6.45) is 0. The van der Waals surface area contributed by atoms with Gasteiger partial charge < -0.3 is 4.90 Å². The van der Waals surface area contributed by atoms with Crippen molar-refractivity contribution in [3.8, 4) is 0 Å². The first-order valence-corrected chi connectivity index (χ1v) is 8.65. The molecule has 1 aromatic heterocycles. The van der Waals surface area contributed by atoms with Gasteiger partial charge in [-0.25, -0.2) is 8.42 Å². The Bertz CT molecular complexity index is 741. The number of alkyl halides is 2. The van der Waals surface area contributed by atoms with Gasteiger partial charge in [-0.05, 0) is 35.7 Å². The fraction of sp³-hybridized carbons (Fsp3) is 0.214. The Balaban J connectivity index is 2.14. The second-order valence-corrected chi connectivity index (χ2v) is 7.52. The Morgan fingerprint density at radius 3 is 2.36 bits per heavy atom. The van der Waals surface area contributed by atoms with E-state index in [9.17, 15) is 22.0 Å². The van der Waals surface area contributed by atoms with Gasteiger partial charge in [0.05, 0.1) is 11.4 Å². The lowest BCUT2D eigenvalue weighted by atomic mass is 10.2. The minimum Gasteiger partial charge on any atom is -0.337 e. The Kier molecular flexibility index (Phi) is 4.92. The van der Waals surface area contributed by atoms with Gasteiger partial charge in [-0.15, -0.1) is 11.3 Å². The quantitative estimate of drug-likeness (QED) is 0.837. The van der Waals surface area contributed by atoms with Gasteiger partial charge in [0.2, 0.25) is 9.84 Å². The van der Waals surface area contributed by atoms with Gasteiger partial charge in [0.1, 0.15) is 0 Å². The van der Waals surface area contributed by atoms with E-state index in [0.29, 0.717) is 6.54 Å². The van der Waals surface area contributed by atoms with Crippen LogP contribution >= 0.6 is 11.3 Å². The molecule has 0 saturated carbocycles. The van der Waals surface area contributed by atoms with Crippen LogP contribution in [-0.4, -0.2) is 32.0 Å². The number of benzene rings is 1. The van der Waals surface area contributed by atoms with Crippen LogP contribution in [0.4, 0.5) is 8.78 Å². The molecular weight excluding hydrogens is 332 g/mol. The van der Waals surface area contributed by atoms with Crippen LogP contribution in [0, 0.1) is 0 Å². The second kappa shape index (κ2) is 6.53. The molecule has 118 valence electrons. The SMILES string of the molecule is CN(Cc1cccs1)C(=O)c1ccc(S(=O)(=O)C(F)F)cc1. The topological polar surface area (TPSA) is 54.5 Å². The van der Waals surface area contributed by atoms with Gasteiger partial charge >= 0.3 is 5.76 Å². The third kappa shape index (κ3) is 3.50. The molecule has 0 aliphatic carbocycles. The molecule has 0 aliphatic rings. The van der Waals surface area contributed by atoms with Crippen molar-refractivity contribution < 1.29 is 22.0 Å². The van der Waals surface area contributed by atoms with Crippen molar-refractivity contribution in [3.05, 3.63) is 52.2 Å². The largest absolute Gasteiger partial charge is 0.341 e. The molecule has 0 unspecified atom stereocenters. The van der Waals surface area contributed by atoms with E-state index in [4.69, 9.17) is 0 Å². The van der Waals surface area contributed by atoms with Gasteiger partial charge in [0.25, 0.3) is 5.91 Å².